The Balaban J connectivity index is 1.86. The van der Waals surface area contributed by atoms with E-state index in [1.165, 1.54) is 0 Å². The maximum atomic E-state index is 12.6. The summed E-state index contributed by atoms with van der Waals surface area (Å²) in [6, 6.07) is 0. The van der Waals surface area contributed by atoms with Crippen molar-refractivity contribution in [2.24, 2.45) is 28.6 Å². The molecule has 2 bridgehead atoms. The molecule has 0 saturated heterocycles. The Morgan fingerprint density at radius 2 is 1.72 bits per heavy atom. The normalized spacial score (nSPS) is 57.2. The molecule has 0 aromatic heterocycles. The molecule has 5 nitrogen and oxygen atoms in total. The van der Waals surface area contributed by atoms with E-state index in [9.17, 15) is 25.2 Å². The van der Waals surface area contributed by atoms with E-state index in [0.717, 1.165) is 12.0 Å². The lowest BCUT2D eigenvalue weighted by molar-refractivity contribution is -0.167. The first-order chi connectivity index (χ1) is 11.4. The number of hydrogen-bond acceptors (Lipinski definition) is 5. The number of aliphatic hydroxyl groups is 4. The highest BCUT2D eigenvalue weighted by molar-refractivity contribution is 5.89. The van der Waals surface area contributed by atoms with Crippen LogP contribution in [0.3, 0.4) is 0 Å². The molecule has 5 heteroatoms. The average molecular weight is 350 g/mol. The van der Waals surface area contributed by atoms with E-state index >= 15 is 0 Å². The molecule has 0 radical (unpaired) electrons. The quantitative estimate of drug-likeness (QED) is 0.492. The van der Waals surface area contributed by atoms with Gasteiger partial charge in [-0.15, -0.1) is 0 Å². The number of hydrogen-bond donors (Lipinski definition) is 4. The molecule has 0 aromatic rings. The second-order valence-corrected chi connectivity index (χ2v) is 9.87. The van der Waals surface area contributed by atoms with Gasteiger partial charge in [-0.1, -0.05) is 26.0 Å². The Morgan fingerprint density at radius 3 is 2.36 bits per heavy atom. The number of carbonyl (C=O) groups is 1. The van der Waals surface area contributed by atoms with E-state index in [1.807, 2.05) is 0 Å². The summed E-state index contributed by atoms with van der Waals surface area (Å²) in [6.07, 6.45) is 0.361. The molecule has 0 aromatic carbocycles. The predicted octanol–water partition coefficient (Wildman–Crippen LogP) is 1.18. The fourth-order valence-electron chi connectivity index (χ4n) is 7.04. The predicted molar refractivity (Wildman–Crippen MR) is 91.5 cm³/mol. The molecular formula is C20H30O5. The zero-order chi connectivity index (χ0) is 18.6. The molecule has 4 aliphatic carbocycles. The van der Waals surface area contributed by atoms with Gasteiger partial charge < -0.3 is 20.4 Å². The first kappa shape index (κ1) is 17.7. The Bertz CT molecular complexity index is 652. The largest absolute Gasteiger partial charge is 0.392 e. The molecule has 8 atom stereocenters. The first-order valence-corrected chi connectivity index (χ1v) is 9.42. The molecule has 0 aliphatic heterocycles. The number of ketones is 1. The molecule has 4 N–H and O–H groups in total. The van der Waals surface area contributed by atoms with Crippen molar-refractivity contribution in [3.05, 3.63) is 12.2 Å². The Hall–Kier alpha value is -0.750. The summed E-state index contributed by atoms with van der Waals surface area (Å²) >= 11 is 0. The van der Waals surface area contributed by atoms with Gasteiger partial charge in [0, 0.05) is 23.7 Å². The summed E-state index contributed by atoms with van der Waals surface area (Å²) in [4.78, 5) is 12.6. The third kappa shape index (κ3) is 1.81. The molecule has 8 unspecified atom stereocenters. The number of carbonyl (C=O) groups excluding carboxylic acids is 1. The van der Waals surface area contributed by atoms with Gasteiger partial charge in [0.2, 0.25) is 0 Å². The summed E-state index contributed by atoms with van der Waals surface area (Å²) in [6.45, 7) is 9.42. The molecule has 140 valence electrons. The number of fused-ring (bicyclic) bond motifs is 2. The third-order valence-electron chi connectivity index (χ3n) is 8.51. The van der Waals surface area contributed by atoms with Crippen LogP contribution in [-0.4, -0.2) is 49.6 Å². The van der Waals surface area contributed by atoms with E-state index < -0.39 is 40.2 Å². The van der Waals surface area contributed by atoms with Crippen LogP contribution >= 0.6 is 0 Å². The van der Waals surface area contributed by atoms with Crippen LogP contribution in [-0.2, 0) is 4.79 Å². The van der Waals surface area contributed by atoms with Crippen molar-refractivity contribution in [2.45, 2.75) is 76.3 Å². The summed E-state index contributed by atoms with van der Waals surface area (Å²) < 4.78 is 0. The van der Waals surface area contributed by atoms with Crippen LogP contribution in [0.4, 0.5) is 0 Å². The Kier molecular flexibility index (Phi) is 3.35. The van der Waals surface area contributed by atoms with Gasteiger partial charge >= 0.3 is 0 Å². The maximum absolute atomic E-state index is 12.6. The lowest BCUT2D eigenvalue weighted by Crippen LogP contribution is -2.56. The van der Waals surface area contributed by atoms with Crippen LogP contribution in [0.15, 0.2) is 12.2 Å². The molecule has 4 rings (SSSR count). The highest BCUT2D eigenvalue weighted by Crippen LogP contribution is 2.68. The zero-order valence-electron chi connectivity index (χ0n) is 15.3. The topological polar surface area (TPSA) is 98.0 Å². The molecule has 4 aliphatic rings. The average Bonchev–Trinajstić information content (AvgIpc) is 2.71. The van der Waals surface area contributed by atoms with Crippen molar-refractivity contribution in [1.82, 2.24) is 0 Å². The van der Waals surface area contributed by atoms with E-state index in [1.54, 1.807) is 20.8 Å². The van der Waals surface area contributed by atoms with Crippen molar-refractivity contribution >= 4 is 5.78 Å². The van der Waals surface area contributed by atoms with Crippen molar-refractivity contribution in [3.63, 3.8) is 0 Å². The van der Waals surface area contributed by atoms with Gasteiger partial charge in [-0.05, 0) is 38.5 Å². The van der Waals surface area contributed by atoms with Crippen LogP contribution in [0.25, 0.3) is 0 Å². The van der Waals surface area contributed by atoms with Gasteiger partial charge in [0.25, 0.3) is 0 Å². The minimum atomic E-state index is -1.57. The van der Waals surface area contributed by atoms with Crippen LogP contribution in [0, 0.1) is 28.6 Å². The standard InChI is InChI=1S/C20H30O5/c1-10-11-5-6-12-16(23)19(11,9-18(12,4)24)8-15(22)20(25)13(10)7-14(21)17(20,2)3/h11-13,15-16,22-25H,1,5-9H2,2-4H3. The second-order valence-electron chi connectivity index (χ2n) is 9.87. The van der Waals surface area contributed by atoms with E-state index in [2.05, 4.69) is 6.58 Å². The molecule has 4 fully saturated rings. The summed E-state index contributed by atoms with van der Waals surface area (Å²) in [5, 5.41) is 44.6. The number of rotatable bonds is 0. The van der Waals surface area contributed by atoms with Gasteiger partial charge in [-0.3, -0.25) is 4.79 Å². The van der Waals surface area contributed by atoms with Crippen molar-refractivity contribution in [2.75, 3.05) is 0 Å². The van der Waals surface area contributed by atoms with Gasteiger partial charge in [0.1, 0.15) is 11.4 Å². The smallest absolute Gasteiger partial charge is 0.142 e. The number of aliphatic hydroxyl groups excluding tert-OH is 2. The van der Waals surface area contributed by atoms with Crippen molar-refractivity contribution < 1.29 is 25.2 Å². The van der Waals surface area contributed by atoms with Crippen LogP contribution in [0.5, 0.6) is 0 Å². The molecule has 0 amide bonds. The monoisotopic (exact) mass is 350 g/mol. The van der Waals surface area contributed by atoms with E-state index in [4.69, 9.17) is 0 Å². The third-order valence-corrected chi connectivity index (χ3v) is 8.51. The van der Waals surface area contributed by atoms with Crippen LogP contribution in [0.2, 0.25) is 0 Å². The Morgan fingerprint density at radius 1 is 1.08 bits per heavy atom. The van der Waals surface area contributed by atoms with Gasteiger partial charge in [-0.2, -0.15) is 0 Å². The van der Waals surface area contributed by atoms with Crippen molar-refractivity contribution in [3.8, 4) is 0 Å². The minimum absolute atomic E-state index is 0.0520. The molecule has 1 spiro atoms. The highest BCUT2D eigenvalue weighted by Gasteiger charge is 2.72. The maximum Gasteiger partial charge on any atom is 0.142 e. The lowest BCUT2D eigenvalue weighted by atomic mass is 9.61. The Labute approximate surface area is 148 Å². The summed E-state index contributed by atoms with van der Waals surface area (Å²) in [7, 11) is 0. The van der Waals surface area contributed by atoms with Gasteiger partial charge in [0.05, 0.1) is 23.2 Å². The van der Waals surface area contributed by atoms with Gasteiger partial charge in [0.15, 0.2) is 0 Å². The van der Waals surface area contributed by atoms with E-state index in [-0.39, 0.29) is 30.5 Å². The first-order valence-electron chi connectivity index (χ1n) is 9.42. The molecule has 25 heavy (non-hydrogen) atoms. The second kappa shape index (κ2) is 4.75. The molecular weight excluding hydrogens is 320 g/mol. The SMILES string of the molecule is C=C1C2CCC3C(O)C2(CC(O)C2(O)C1CC(=O)C2(C)C)CC3(C)O. The number of Topliss-reactive ketones (excluding diaryl/α,β-unsaturated/α-hetero) is 1. The zero-order valence-corrected chi connectivity index (χ0v) is 15.3. The summed E-state index contributed by atoms with van der Waals surface area (Å²) in [5.74, 6) is -0.860. The highest BCUT2D eigenvalue weighted by atomic mass is 16.3. The fourth-order valence-corrected chi connectivity index (χ4v) is 7.04. The molecule has 0 heterocycles. The van der Waals surface area contributed by atoms with Crippen LogP contribution < -0.4 is 0 Å². The van der Waals surface area contributed by atoms with Crippen molar-refractivity contribution in [1.29, 1.82) is 0 Å². The lowest BCUT2D eigenvalue weighted by Gasteiger charge is -2.45. The van der Waals surface area contributed by atoms with E-state index in [0.29, 0.717) is 12.8 Å². The fraction of sp³-hybridized carbons (Fsp3) is 0.850. The molecule has 4 saturated carbocycles. The minimum Gasteiger partial charge on any atom is -0.392 e. The van der Waals surface area contributed by atoms with Gasteiger partial charge in [-0.25, -0.2) is 0 Å². The van der Waals surface area contributed by atoms with Crippen LogP contribution in [0.1, 0.15) is 52.9 Å². The summed E-state index contributed by atoms with van der Waals surface area (Å²) in [5.41, 5.74) is -3.52.